The number of sulfonamides is 1. The highest BCUT2D eigenvalue weighted by molar-refractivity contribution is 7.92. The molecule has 0 radical (unpaired) electrons. The van der Waals surface area contributed by atoms with Crippen LogP contribution in [0.1, 0.15) is 36.8 Å². The number of ether oxygens (including phenoxy) is 1. The number of nitrogens with zero attached hydrogens (tertiary/aromatic N) is 4. The molecule has 1 aliphatic carbocycles. The summed E-state index contributed by atoms with van der Waals surface area (Å²) in [5.41, 5.74) is 4.66. The van der Waals surface area contributed by atoms with Crippen LogP contribution in [0.25, 0.3) is 22.0 Å². The minimum atomic E-state index is -4.01. The molecule has 1 fully saturated rings. The van der Waals surface area contributed by atoms with Crippen LogP contribution in [0.3, 0.4) is 0 Å². The van der Waals surface area contributed by atoms with Crippen molar-refractivity contribution in [3.63, 3.8) is 0 Å². The summed E-state index contributed by atoms with van der Waals surface area (Å²) in [4.78, 5) is 26.3. The molecule has 44 heavy (non-hydrogen) atoms. The zero-order chi connectivity index (χ0) is 30.5. The topological polar surface area (TPSA) is 105 Å². The summed E-state index contributed by atoms with van der Waals surface area (Å²) >= 11 is 6.18. The van der Waals surface area contributed by atoms with Crippen LogP contribution in [0.5, 0.6) is 5.88 Å². The fourth-order valence-electron chi connectivity index (χ4n) is 6.06. The maximum atomic E-state index is 13.5. The number of hydrogen-bond acceptors (Lipinski definition) is 7. The van der Waals surface area contributed by atoms with Gasteiger partial charge in [0.2, 0.25) is 11.8 Å². The van der Waals surface area contributed by atoms with E-state index < -0.39 is 15.4 Å². The summed E-state index contributed by atoms with van der Waals surface area (Å²) in [5, 5.41) is 1.26. The summed E-state index contributed by atoms with van der Waals surface area (Å²) in [6, 6.07) is 12.3. The van der Waals surface area contributed by atoms with Crippen LogP contribution >= 0.6 is 24.0 Å². The van der Waals surface area contributed by atoms with E-state index in [0.29, 0.717) is 17.2 Å². The molecule has 0 atom stereocenters. The van der Waals surface area contributed by atoms with Gasteiger partial charge in [0, 0.05) is 41.3 Å². The number of amides is 1. The molecule has 2 aromatic heterocycles. The number of aromatic nitrogens is 2. The van der Waals surface area contributed by atoms with Gasteiger partial charge in [-0.15, -0.1) is 12.4 Å². The Balaban J connectivity index is 0.00000384. The molecule has 9 nitrogen and oxygen atoms in total. The van der Waals surface area contributed by atoms with Gasteiger partial charge in [0.05, 0.1) is 34.3 Å². The van der Waals surface area contributed by atoms with Crippen molar-refractivity contribution in [2.45, 2.75) is 42.9 Å². The van der Waals surface area contributed by atoms with Crippen molar-refractivity contribution in [2.24, 2.45) is 0 Å². The van der Waals surface area contributed by atoms with Gasteiger partial charge in [0.25, 0.3) is 10.0 Å². The van der Waals surface area contributed by atoms with Crippen molar-refractivity contribution < 1.29 is 17.9 Å². The molecule has 0 unspecified atom stereocenters. The number of hydrogen-bond donors (Lipinski definition) is 1. The highest BCUT2D eigenvalue weighted by Crippen LogP contribution is 2.55. The molecule has 4 aromatic rings. The van der Waals surface area contributed by atoms with Gasteiger partial charge >= 0.3 is 0 Å². The van der Waals surface area contributed by atoms with Crippen LogP contribution in [0.15, 0.2) is 59.8 Å². The predicted octanol–water partition coefficient (Wildman–Crippen LogP) is 6.21. The third-order valence-electron chi connectivity index (χ3n) is 8.35. The van der Waals surface area contributed by atoms with Gasteiger partial charge in [-0.2, -0.15) is 0 Å². The van der Waals surface area contributed by atoms with Gasteiger partial charge in [0.1, 0.15) is 5.69 Å². The zero-order valence-electron chi connectivity index (χ0n) is 25.1. The Kier molecular flexibility index (Phi) is 8.83. The molecule has 0 saturated heterocycles. The Labute approximate surface area is 269 Å². The molecule has 2 aromatic carbocycles. The first-order valence-corrected chi connectivity index (χ1v) is 16.1. The molecule has 2 aliphatic rings. The van der Waals surface area contributed by atoms with Gasteiger partial charge in [-0.05, 0) is 87.8 Å². The quantitative estimate of drug-likeness (QED) is 0.214. The first kappa shape index (κ1) is 32.0. The third-order valence-corrected chi connectivity index (χ3v) is 9.92. The lowest BCUT2D eigenvalue weighted by molar-refractivity contribution is -0.125. The van der Waals surface area contributed by atoms with E-state index >= 15 is 0 Å². The number of halogens is 2. The number of anilines is 2. The van der Waals surface area contributed by atoms with Crippen LogP contribution in [0.2, 0.25) is 5.02 Å². The Hall–Kier alpha value is -3.44. The molecule has 0 bridgehead atoms. The average molecular weight is 657 g/mol. The molecule has 1 N–H and O–H groups in total. The molecule has 6 rings (SSSR count). The van der Waals surface area contributed by atoms with Gasteiger partial charge < -0.3 is 14.5 Å². The number of fused-ring (bicyclic) bond motifs is 4. The summed E-state index contributed by atoms with van der Waals surface area (Å²) in [7, 11) is 1.77. The number of benzene rings is 2. The van der Waals surface area contributed by atoms with Gasteiger partial charge in [-0.3, -0.25) is 14.5 Å². The van der Waals surface area contributed by atoms with E-state index in [1.807, 2.05) is 39.3 Å². The van der Waals surface area contributed by atoms with E-state index in [1.54, 1.807) is 42.4 Å². The lowest BCUT2D eigenvalue weighted by atomic mass is 9.64. The van der Waals surface area contributed by atoms with Gasteiger partial charge in [0.15, 0.2) is 0 Å². The second-order valence-electron chi connectivity index (χ2n) is 11.7. The molecule has 3 heterocycles. The van der Waals surface area contributed by atoms with Crippen molar-refractivity contribution >= 4 is 62.2 Å². The van der Waals surface area contributed by atoms with Crippen LogP contribution in [-0.4, -0.2) is 63.5 Å². The number of nitrogens with one attached hydrogen (secondary N) is 1. The number of pyridine rings is 2. The number of aryl methyl sites for hydroxylation is 1. The highest BCUT2D eigenvalue weighted by atomic mass is 35.5. The zero-order valence-corrected chi connectivity index (χ0v) is 27.4. The standard InChI is InChI=1S/C32H34ClN5O4S.ClH/c1-20-13-23(33)17-24(14-20)43(40,41)36-27-16-22(18-35-30(27)42-12-6-11-37(2)3)21-7-8-26-25(15-21)29-28(19-34-26)38(4)31(39)32(29)9-5-10-32;/h7-8,13-19,36H,5-6,9-12H2,1-4H3;1H. The van der Waals surface area contributed by atoms with E-state index in [2.05, 4.69) is 19.6 Å². The van der Waals surface area contributed by atoms with E-state index in [0.717, 1.165) is 65.5 Å². The highest BCUT2D eigenvalue weighted by Gasteiger charge is 2.54. The largest absolute Gasteiger partial charge is 0.476 e. The Morgan fingerprint density at radius 2 is 1.84 bits per heavy atom. The first-order chi connectivity index (χ1) is 20.5. The fraction of sp³-hybridized carbons (Fsp3) is 0.344. The maximum Gasteiger partial charge on any atom is 0.262 e. The first-order valence-electron chi connectivity index (χ1n) is 14.3. The summed E-state index contributed by atoms with van der Waals surface area (Å²) < 4.78 is 35.7. The second kappa shape index (κ2) is 12.2. The molecular formula is C32H35Cl2N5O4S. The number of carbonyl (C=O) groups is 1. The lowest BCUT2D eigenvalue weighted by Gasteiger charge is -2.37. The summed E-state index contributed by atoms with van der Waals surface area (Å²) in [5.74, 6) is 0.313. The summed E-state index contributed by atoms with van der Waals surface area (Å²) in [6.07, 6.45) is 6.87. The van der Waals surface area contributed by atoms with E-state index in [1.165, 1.54) is 6.07 Å². The SMILES string of the molecule is Cc1cc(Cl)cc(S(=O)(=O)Nc2cc(-c3ccc4ncc5c(c4c3)C3(CCC3)C(=O)N5C)cnc2OCCCN(C)C)c1.Cl. The van der Waals surface area contributed by atoms with E-state index in [4.69, 9.17) is 16.3 Å². The predicted molar refractivity (Wildman–Crippen MR) is 177 cm³/mol. The number of likely N-dealkylation sites (N-methyl/N-ethyl adjacent to an activating group) is 1. The number of carbonyl (C=O) groups excluding carboxylic acids is 1. The van der Waals surface area contributed by atoms with Gasteiger partial charge in [-0.1, -0.05) is 24.1 Å². The van der Waals surface area contributed by atoms with E-state index in [-0.39, 0.29) is 34.8 Å². The third kappa shape index (κ3) is 5.72. The van der Waals surface area contributed by atoms with Gasteiger partial charge in [-0.25, -0.2) is 13.4 Å². The fourth-order valence-corrected chi connectivity index (χ4v) is 7.59. The minimum absolute atomic E-state index is 0. The van der Waals surface area contributed by atoms with Crippen molar-refractivity contribution in [2.75, 3.05) is 43.9 Å². The van der Waals surface area contributed by atoms with Crippen molar-refractivity contribution in [1.29, 1.82) is 0 Å². The van der Waals surface area contributed by atoms with E-state index in [9.17, 15) is 13.2 Å². The lowest BCUT2D eigenvalue weighted by Crippen LogP contribution is -2.43. The second-order valence-corrected chi connectivity index (χ2v) is 13.8. The molecular weight excluding hydrogens is 621 g/mol. The average Bonchev–Trinajstić information content (AvgIpc) is 3.17. The number of rotatable bonds is 9. The molecule has 1 saturated carbocycles. The Morgan fingerprint density at radius 1 is 1.07 bits per heavy atom. The Bertz CT molecular complexity index is 1840. The monoisotopic (exact) mass is 655 g/mol. The van der Waals surface area contributed by atoms with Crippen LogP contribution in [0.4, 0.5) is 11.4 Å². The van der Waals surface area contributed by atoms with Crippen molar-refractivity contribution in [3.8, 4) is 17.0 Å². The van der Waals surface area contributed by atoms with Crippen molar-refractivity contribution in [3.05, 3.63) is 71.0 Å². The normalized spacial score (nSPS) is 15.3. The molecule has 12 heteroatoms. The Morgan fingerprint density at radius 3 is 2.52 bits per heavy atom. The van der Waals surface area contributed by atoms with Crippen molar-refractivity contribution in [1.82, 2.24) is 14.9 Å². The van der Waals surface area contributed by atoms with Crippen LogP contribution in [-0.2, 0) is 20.2 Å². The van der Waals surface area contributed by atoms with Crippen LogP contribution in [0, 0.1) is 6.92 Å². The maximum absolute atomic E-state index is 13.5. The summed E-state index contributed by atoms with van der Waals surface area (Å²) in [6.45, 7) is 2.97. The molecule has 232 valence electrons. The molecule has 1 spiro atoms. The molecule has 1 amide bonds. The minimum Gasteiger partial charge on any atom is -0.476 e. The van der Waals surface area contributed by atoms with Crippen LogP contribution < -0.4 is 14.4 Å². The smallest absolute Gasteiger partial charge is 0.262 e. The molecule has 1 aliphatic heterocycles.